The Morgan fingerprint density at radius 2 is 1.57 bits per heavy atom. The summed E-state index contributed by atoms with van der Waals surface area (Å²) in [6.07, 6.45) is 1.25. The SMILES string of the molecule is COc1ccc([C@H]2C[C@@H]2c2cccc3ccccc23)cc1. The van der Waals surface area contributed by atoms with Crippen LogP contribution in [0.1, 0.15) is 29.4 Å². The van der Waals surface area contributed by atoms with Gasteiger partial charge in [0, 0.05) is 0 Å². The van der Waals surface area contributed by atoms with Gasteiger partial charge in [-0.25, -0.2) is 0 Å². The minimum absolute atomic E-state index is 0.654. The summed E-state index contributed by atoms with van der Waals surface area (Å²) in [5.74, 6) is 2.24. The standard InChI is InChI=1S/C20H18O/c1-21-16-11-9-15(10-12-16)19-13-20(19)18-8-4-6-14-5-2-3-7-17(14)18/h2-12,19-20H,13H2,1H3/t19-,20-/m1/s1. The van der Waals surface area contributed by atoms with Crippen LogP contribution in [0.3, 0.4) is 0 Å². The van der Waals surface area contributed by atoms with Gasteiger partial charge < -0.3 is 4.74 Å². The van der Waals surface area contributed by atoms with E-state index in [2.05, 4.69) is 66.7 Å². The molecule has 0 N–H and O–H groups in total. The zero-order valence-electron chi connectivity index (χ0n) is 12.1. The van der Waals surface area contributed by atoms with Gasteiger partial charge in [0.25, 0.3) is 0 Å². The minimum atomic E-state index is 0.654. The Morgan fingerprint density at radius 1 is 0.810 bits per heavy atom. The summed E-state index contributed by atoms with van der Waals surface area (Å²) in [5, 5.41) is 2.75. The molecule has 1 aliphatic carbocycles. The molecule has 0 saturated heterocycles. The van der Waals surface area contributed by atoms with Crippen LogP contribution in [0.5, 0.6) is 5.75 Å². The fourth-order valence-corrected chi connectivity index (χ4v) is 3.33. The van der Waals surface area contributed by atoms with E-state index in [1.165, 1.54) is 28.3 Å². The Morgan fingerprint density at radius 3 is 2.38 bits per heavy atom. The predicted molar refractivity (Wildman–Crippen MR) is 87.0 cm³/mol. The third-order valence-corrected chi connectivity index (χ3v) is 4.56. The third kappa shape index (κ3) is 2.19. The number of hydrogen-bond donors (Lipinski definition) is 0. The molecular formula is C20H18O. The number of ether oxygens (including phenoxy) is 1. The van der Waals surface area contributed by atoms with Gasteiger partial charge >= 0.3 is 0 Å². The Hall–Kier alpha value is -2.28. The highest BCUT2D eigenvalue weighted by molar-refractivity contribution is 5.86. The van der Waals surface area contributed by atoms with Crippen molar-refractivity contribution in [1.82, 2.24) is 0 Å². The largest absolute Gasteiger partial charge is 0.497 e. The highest BCUT2D eigenvalue weighted by Gasteiger charge is 2.40. The van der Waals surface area contributed by atoms with Crippen LogP contribution in [-0.4, -0.2) is 7.11 Å². The molecule has 0 spiro atoms. The summed E-state index contributed by atoms with van der Waals surface area (Å²) in [4.78, 5) is 0. The summed E-state index contributed by atoms with van der Waals surface area (Å²) in [6, 6.07) is 23.9. The van der Waals surface area contributed by atoms with E-state index in [0.29, 0.717) is 11.8 Å². The molecule has 1 heteroatoms. The first-order valence-corrected chi connectivity index (χ1v) is 7.48. The fraction of sp³-hybridized carbons (Fsp3) is 0.200. The number of methoxy groups -OCH3 is 1. The topological polar surface area (TPSA) is 9.23 Å². The molecule has 0 bridgehead atoms. The smallest absolute Gasteiger partial charge is 0.118 e. The number of hydrogen-bond acceptors (Lipinski definition) is 1. The Kier molecular flexibility index (Phi) is 2.92. The normalized spacial score (nSPS) is 20.4. The van der Waals surface area contributed by atoms with Crippen molar-refractivity contribution < 1.29 is 4.74 Å². The second kappa shape index (κ2) is 4.92. The molecule has 0 aromatic heterocycles. The van der Waals surface area contributed by atoms with E-state index >= 15 is 0 Å². The number of rotatable bonds is 3. The zero-order valence-corrected chi connectivity index (χ0v) is 12.1. The van der Waals surface area contributed by atoms with Crippen LogP contribution in [0.4, 0.5) is 0 Å². The predicted octanol–water partition coefficient (Wildman–Crippen LogP) is 5.12. The van der Waals surface area contributed by atoms with E-state index in [0.717, 1.165) is 5.75 Å². The molecule has 4 rings (SSSR count). The Bertz CT molecular complexity index is 768. The van der Waals surface area contributed by atoms with Crippen molar-refractivity contribution in [3.63, 3.8) is 0 Å². The summed E-state index contributed by atoms with van der Waals surface area (Å²) >= 11 is 0. The van der Waals surface area contributed by atoms with Crippen molar-refractivity contribution in [2.75, 3.05) is 7.11 Å². The van der Waals surface area contributed by atoms with E-state index in [1.807, 2.05) is 0 Å². The second-order valence-corrected chi connectivity index (χ2v) is 5.79. The zero-order chi connectivity index (χ0) is 14.2. The summed E-state index contributed by atoms with van der Waals surface area (Å²) < 4.78 is 5.24. The molecule has 3 aromatic rings. The monoisotopic (exact) mass is 274 g/mol. The molecule has 0 unspecified atom stereocenters. The van der Waals surface area contributed by atoms with Gasteiger partial charge in [-0.05, 0) is 52.3 Å². The summed E-state index contributed by atoms with van der Waals surface area (Å²) in [5.41, 5.74) is 2.92. The highest BCUT2D eigenvalue weighted by Crippen LogP contribution is 2.56. The van der Waals surface area contributed by atoms with Crippen LogP contribution >= 0.6 is 0 Å². The lowest BCUT2D eigenvalue weighted by Gasteiger charge is -2.07. The first-order chi connectivity index (χ1) is 10.4. The molecule has 0 heterocycles. The third-order valence-electron chi connectivity index (χ3n) is 4.56. The molecule has 2 atom stereocenters. The Labute approximate surface area is 125 Å². The molecular weight excluding hydrogens is 256 g/mol. The van der Waals surface area contributed by atoms with E-state index in [4.69, 9.17) is 4.74 Å². The maximum absolute atomic E-state index is 5.24. The lowest BCUT2D eigenvalue weighted by molar-refractivity contribution is 0.414. The van der Waals surface area contributed by atoms with Crippen molar-refractivity contribution in [3.05, 3.63) is 77.9 Å². The lowest BCUT2D eigenvalue weighted by Crippen LogP contribution is -1.87. The van der Waals surface area contributed by atoms with E-state index in [9.17, 15) is 0 Å². The molecule has 1 saturated carbocycles. The molecule has 21 heavy (non-hydrogen) atoms. The molecule has 1 nitrogen and oxygen atoms in total. The van der Waals surface area contributed by atoms with Crippen LogP contribution in [0, 0.1) is 0 Å². The quantitative estimate of drug-likeness (QED) is 0.644. The van der Waals surface area contributed by atoms with Crippen LogP contribution in [0.15, 0.2) is 66.7 Å². The van der Waals surface area contributed by atoms with Gasteiger partial charge in [0.2, 0.25) is 0 Å². The lowest BCUT2D eigenvalue weighted by atomic mass is 9.98. The van der Waals surface area contributed by atoms with Crippen molar-refractivity contribution >= 4 is 10.8 Å². The van der Waals surface area contributed by atoms with Crippen LogP contribution in [0.2, 0.25) is 0 Å². The van der Waals surface area contributed by atoms with Gasteiger partial charge in [0.15, 0.2) is 0 Å². The van der Waals surface area contributed by atoms with Crippen molar-refractivity contribution in [2.24, 2.45) is 0 Å². The van der Waals surface area contributed by atoms with Crippen LogP contribution in [0.25, 0.3) is 10.8 Å². The van der Waals surface area contributed by atoms with E-state index in [-0.39, 0.29) is 0 Å². The molecule has 0 amide bonds. The van der Waals surface area contributed by atoms with Gasteiger partial charge in [-0.1, -0.05) is 54.6 Å². The van der Waals surface area contributed by atoms with Gasteiger partial charge in [-0.3, -0.25) is 0 Å². The highest BCUT2D eigenvalue weighted by atomic mass is 16.5. The van der Waals surface area contributed by atoms with Crippen molar-refractivity contribution in [3.8, 4) is 5.75 Å². The minimum Gasteiger partial charge on any atom is -0.497 e. The van der Waals surface area contributed by atoms with Gasteiger partial charge in [-0.15, -0.1) is 0 Å². The van der Waals surface area contributed by atoms with Gasteiger partial charge in [0.05, 0.1) is 7.11 Å². The van der Waals surface area contributed by atoms with Crippen molar-refractivity contribution in [2.45, 2.75) is 18.3 Å². The van der Waals surface area contributed by atoms with E-state index < -0.39 is 0 Å². The van der Waals surface area contributed by atoms with Gasteiger partial charge in [0.1, 0.15) is 5.75 Å². The second-order valence-electron chi connectivity index (χ2n) is 5.79. The average Bonchev–Trinajstić information content (AvgIpc) is 3.35. The molecule has 0 aliphatic heterocycles. The molecule has 1 aliphatic rings. The Balaban J connectivity index is 1.66. The maximum atomic E-state index is 5.24. The maximum Gasteiger partial charge on any atom is 0.118 e. The molecule has 3 aromatic carbocycles. The fourth-order valence-electron chi connectivity index (χ4n) is 3.33. The molecule has 1 fully saturated rings. The van der Waals surface area contributed by atoms with Crippen LogP contribution in [-0.2, 0) is 0 Å². The number of fused-ring (bicyclic) bond motifs is 1. The van der Waals surface area contributed by atoms with E-state index in [1.54, 1.807) is 7.11 Å². The molecule has 0 radical (unpaired) electrons. The average molecular weight is 274 g/mol. The first kappa shape index (κ1) is 12.5. The number of benzene rings is 3. The van der Waals surface area contributed by atoms with Gasteiger partial charge in [-0.2, -0.15) is 0 Å². The first-order valence-electron chi connectivity index (χ1n) is 7.48. The molecule has 104 valence electrons. The summed E-state index contributed by atoms with van der Waals surface area (Å²) in [7, 11) is 1.71. The van der Waals surface area contributed by atoms with Crippen molar-refractivity contribution in [1.29, 1.82) is 0 Å². The van der Waals surface area contributed by atoms with Crippen LogP contribution < -0.4 is 4.74 Å². The summed E-state index contributed by atoms with van der Waals surface area (Å²) in [6.45, 7) is 0.